The van der Waals surface area contributed by atoms with Crippen molar-refractivity contribution in [1.82, 2.24) is 15.5 Å². The molecular weight excluding hydrogens is 202 g/mol. The maximum Gasteiger partial charge on any atom is 0.233 e. The summed E-state index contributed by atoms with van der Waals surface area (Å²) in [5.41, 5.74) is 0. The highest BCUT2D eigenvalue weighted by Crippen LogP contribution is 2.14. The van der Waals surface area contributed by atoms with Crippen LogP contribution in [0.15, 0.2) is 0 Å². The van der Waals surface area contributed by atoms with Crippen molar-refractivity contribution >= 4 is 5.91 Å². The van der Waals surface area contributed by atoms with Crippen molar-refractivity contribution in [3.8, 4) is 0 Å². The number of carbonyl (C=O) groups excluding carboxylic acids is 1. The molecule has 1 aliphatic rings. The molecule has 1 rings (SSSR count). The third kappa shape index (κ3) is 4.94. The third-order valence-corrected chi connectivity index (χ3v) is 3.08. The molecule has 1 aliphatic heterocycles. The lowest BCUT2D eigenvalue weighted by Gasteiger charge is -2.14. The molecule has 4 heteroatoms. The zero-order valence-electron chi connectivity index (χ0n) is 10.8. The maximum absolute atomic E-state index is 11.5. The maximum atomic E-state index is 11.5. The number of carbonyl (C=O) groups is 1. The van der Waals surface area contributed by atoms with Crippen LogP contribution in [0.4, 0.5) is 0 Å². The Kier molecular flexibility index (Phi) is 5.77. The summed E-state index contributed by atoms with van der Waals surface area (Å²) >= 11 is 0. The minimum Gasteiger partial charge on any atom is -0.355 e. The number of amides is 1. The van der Waals surface area contributed by atoms with Gasteiger partial charge in [-0.15, -0.1) is 0 Å². The molecule has 0 aromatic heterocycles. The molecule has 0 saturated carbocycles. The Bertz CT molecular complexity index is 218. The molecule has 1 fully saturated rings. The number of hydrogen-bond acceptors (Lipinski definition) is 3. The van der Waals surface area contributed by atoms with Crippen molar-refractivity contribution in [3.05, 3.63) is 0 Å². The van der Waals surface area contributed by atoms with E-state index in [0.717, 1.165) is 19.6 Å². The van der Waals surface area contributed by atoms with E-state index in [4.69, 9.17) is 0 Å². The van der Waals surface area contributed by atoms with E-state index in [0.29, 0.717) is 18.5 Å². The van der Waals surface area contributed by atoms with Gasteiger partial charge < -0.3 is 15.5 Å². The molecular formula is C12H25N3O. The van der Waals surface area contributed by atoms with Crippen molar-refractivity contribution in [2.45, 2.75) is 33.2 Å². The fourth-order valence-corrected chi connectivity index (χ4v) is 1.98. The Balaban J connectivity index is 2.08. The molecule has 4 nitrogen and oxygen atoms in total. The lowest BCUT2D eigenvalue weighted by molar-refractivity contribution is -0.120. The average Bonchev–Trinajstić information content (AvgIpc) is 2.71. The highest BCUT2D eigenvalue weighted by molar-refractivity contribution is 5.77. The second-order valence-corrected chi connectivity index (χ2v) is 4.89. The van der Waals surface area contributed by atoms with Crippen molar-refractivity contribution in [2.75, 3.05) is 32.7 Å². The van der Waals surface area contributed by atoms with Gasteiger partial charge in [0.05, 0.1) is 6.54 Å². The lowest BCUT2D eigenvalue weighted by atomic mass is 10.1. The molecule has 94 valence electrons. The van der Waals surface area contributed by atoms with Gasteiger partial charge >= 0.3 is 0 Å². The first-order valence-electron chi connectivity index (χ1n) is 6.34. The van der Waals surface area contributed by atoms with Gasteiger partial charge in [0.1, 0.15) is 0 Å². The van der Waals surface area contributed by atoms with Gasteiger partial charge in [0.15, 0.2) is 0 Å². The Morgan fingerprint density at radius 2 is 2.25 bits per heavy atom. The van der Waals surface area contributed by atoms with Crippen molar-refractivity contribution in [3.63, 3.8) is 0 Å². The van der Waals surface area contributed by atoms with Crippen LogP contribution in [-0.2, 0) is 4.79 Å². The van der Waals surface area contributed by atoms with Crippen LogP contribution in [0.25, 0.3) is 0 Å². The monoisotopic (exact) mass is 227 g/mol. The predicted octanol–water partition coefficient (Wildman–Crippen LogP) is 0.442. The molecule has 0 aromatic carbocycles. The van der Waals surface area contributed by atoms with E-state index < -0.39 is 0 Å². The topological polar surface area (TPSA) is 44.4 Å². The predicted molar refractivity (Wildman–Crippen MR) is 66.4 cm³/mol. The molecule has 0 radical (unpaired) electrons. The van der Waals surface area contributed by atoms with Crippen molar-refractivity contribution in [1.29, 1.82) is 0 Å². The van der Waals surface area contributed by atoms with Gasteiger partial charge in [0, 0.05) is 19.1 Å². The Labute approximate surface area is 98.8 Å². The van der Waals surface area contributed by atoms with E-state index in [-0.39, 0.29) is 5.91 Å². The molecule has 1 amide bonds. The van der Waals surface area contributed by atoms with Crippen LogP contribution in [0, 0.1) is 5.92 Å². The molecule has 0 aliphatic carbocycles. The van der Waals surface area contributed by atoms with E-state index in [2.05, 4.69) is 22.5 Å². The summed E-state index contributed by atoms with van der Waals surface area (Å²) in [6, 6.07) is 0.368. The zero-order valence-corrected chi connectivity index (χ0v) is 10.8. The summed E-state index contributed by atoms with van der Waals surface area (Å²) in [5.74, 6) is 0.756. The van der Waals surface area contributed by atoms with Gasteiger partial charge in [0.25, 0.3) is 0 Å². The highest BCUT2D eigenvalue weighted by atomic mass is 16.1. The van der Waals surface area contributed by atoms with E-state index in [9.17, 15) is 4.79 Å². The molecule has 0 bridgehead atoms. The normalized spacial score (nSPS) is 21.6. The smallest absolute Gasteiger partial charge is 0.233 e. The summed E-state index contributed by atoms with van der Waals surface area (Å²) in [7, 11) is 0. The third-order valence-electron chi connectivity index (χ3n) is 3.08. The molecule has 1 heterocycles. The molecule has 0 spiro atoms. The second kappa shape index (κ2) is 6.86. The molecule has 1 unspecified atom stereocenters. The SMILES string of the molecule is CCN1CCC(CNC(=O)CNC(C)C)C1. The van der Waals surface area contributed by atoms with Crippen LogP contribution in [0.5, 0.6) is 0 Å². The molecule has 16 heavy (non-hydrogen) atoms. The summed E-state index contributed by atoms with van der Waals surface area (Å²) in [5, 5.41) is 6.11. The van der Waals surface area contributed by atoms with Gasteiger partial charge in [-0.3, -0.25) is 4.79 Å². The fourth-order valence-electron chi connectivity index (χ4n) is 1.98. The van der Waals surface area contributed by atoms with Crippen LogP contribution < -0.4 is 10.6 Å². The fraction of sp³-hybridized carbons (Fsp3) is 0.917. The minimum atomic E-state index is 0.114. The van der Waals surface area contributed by atoms with Gasteiger partial charge in [-0.25, -0.2) is 0 Å². The van der Waals surface area contributed by atoms with Crippen LogP contribution in [0.2, 0.25) is 0 Å². The number of nitrogens with one attached hydrogen (secondary N) is 2. The largest absolute Gasteiger partial charge is 0.355 e. The van der Waals surface area contributed by atoms with Crippen LogP contribution in [0.1, 0.15) is 27.2 Å². The molecule has 1 saturated heterocycles. The highest BCUT2D eigenvalue weighted by Gasteiger charge is 2.21. The Morgan fingerprint density at radius 3 is 2.81 bits per heavy atom. The molecule has 2 N–H and O–H groups in total. The van der Waals surface area contributed by atoms with E-state index in [1.807, 2.05) is 13.8 Å². The first-order valence-corrected chi connectivity index (χ1v) is 6.34. The zero-order chi connectivity index (χ0) is 12.0. The van der Waals surface area contributed by atoms with Gasteiger partial charge in [-0.1, -0.05) is 20.8 Å². The molecule has 1 atom stereocenters. The molecule has 0 aromatic rings. The van der Waals surface area contributed by atoms with Gasteiger partial charge in [-0.2, -0.15) is 0 Å². The summed E-state index contributed by atoms with van der Waals surface area (Å²) in [6.07, 6.45) is 1.21. The average molecular weight is 227 g/mol. The van der Waals surface area contributed by atoms with Gasteiger partial charge in [-0.05, 0) is 25.4 Å². The standard InChI is InChI=1S/C12H25N3O/c1-4-15-6-5-11(9-15)7-14-12(16)8-13-10(2)3/h10-11,13H,4-9H2,1-3H3,(H,14,16). The lowest BCUT2D eigenvalue weighted by Crippen LogP contribution is -2.39. The summed E-state index contributed by atoms with van der Waals surface area (Å²) in [6.45, 7) is 11.0. The first-order chi connectivity index (χ1) is 7.61. The van der Waals surface area contributed by atoms with Crippen molar-refractivity contribution in [2.24, 2.45) is 5.92 Å². The van der Waals surface area contributed by atoms with Crippen molar-refractivity contribution < 1.29 is 4.79 Å². The summed E-state index contributed by atoms with van der Waals surface area (Å²) in [4.78, 5) is 13.9. The van der Waals surface area contributed by atoms with E-state index in [1.54, 1.807) is 0 Å². The summed E-state index contributed by atoms with van der Waals surface area (Å²) < 4.78 is 0. The van der Waals surface area contributed by atoms with Gasteiger partial charge in [0.2, 0.25) is 5.91 Å². The van der Waals surface area contributed by atoms with E-state index >= 15 is 0 Å². The van der Waals surface area contributed by atoms with Crippen LogP contribution in [-0.4, -0.2) is 49.6 Å². The first kappa shape index (κ1) is 13.5. The number of rotatable bonds is 6. The van der Waals surface area contributed by atoms with Crippen LogP contribution >= 0.6 is 0 Å². The van der Waals surface area contributed by atoms with E-state index in [1.165, 1.54) is 13.0 Å². The number of nitrogens with zero attached hydrogens (tertiary/aromatic N) is 1. The number of hydrogen-bond donors (Lipinski definition) is 2. The Hall–Kier alpha value is -0.610. The quantitative estimate of drug-likeness (QED) is 0.692. The number of likely N-dealkylation sites (tertiary alicyclic amines) is 1. The second-order valence-electron chi connectivity index (χ2n) is 4.89. The van der Waals surface area contributed by atoms with Crippen LogP contribution in [0.3, 0.4) is 0 Å². The Morgan fingerprint density at radius 1 is 1.50 bits per heavy atom. The minimum absolute atomic E-state index is 0.114.